The summed E-state index contributed by atoms with van der Waals surface area (Å²) in [5.74, 6) is -0.0814. The minimum Gasteiger partial charge on any atom is -0.505 e. The van der Waals surface area contributed by atoms with Crippen LogP contribution in [0, 0.1) is 0 Å². The number of benzene rings is 2. The summed E-state index contributed by atoms with van der Waals surface area (Å²) >= 11 is 11.1. The van der Waals surface area contributed by atoms with Gasteiger partial charge in [-0.1, -0.05) is 23.7 Å². The summed E-state index contributed by atoms with van der Waals surface area (Å²) in [5.41, 5.74) is 0.625. The number of hydrogen-bond acceptors (Lipinski definition) is 3. The molecular weight excluding hydrogens is 389 g/mol. The van der Waals surface area contributed by atoms with Gasteiger partial charge >= 0.3 is 6.18 Å². The molecule has 2 rings (SSSR count). The van der Waals surface area contributed by atoms with Crippen molar-refractivity contribution >= 4 is 34.6 Å². The molecule has 0 fully saturated rings. The van der Waals surface area contributed by atoms with E-state index in [4.69, 9.17) is 28.9 Å². The highest BCUT2D eigenvalue weighted by molar-refractivity contribution is 7.80. The summed E-state index contributed by atoms with van der Waals surface area (Å²) in [6.45, 7) is 0.0543. The molecule has 4 N–H and O–H groups in total. The van der Waals surface area contributed by atoms with Crippen molar-refractivity contribution in [3.05, 3.63) is 58.1 Å². The van der Waals surface area contributed by atoms with Crippen molar-refractivity contribution in [2.24, 2.45) is 0 Å². The van der Waals surface area contributed by atoms with Crippen molar-refractivity contribution in [2.75, 3.05) is 11.9 Å². The summed E-state index contributed by atoms with van der Waals surface area (Å²) in [6, 6.07) is 7.72. The maximum absolute atomic E-state index is 12.5. The number of hydrogen-bond donors (Lipinski definition) is 4. The van der Waals surface area contributed by atoms with E-state index >= 15 is 0 Å². The first-order valence-corrected chi connectivity index (χ1v) is 8.32. The Morgan fingerprint density at radius 3 is 2.38 bits per heavy atom. The Balaban J connectivity index is 1.99. The van der Waals surface area contributed by atoms with Crippen LogP contribution in [0.5, 0.6) is 5.75 Å². The van der Waals surface area contributed by atoms with Crippen LogP contribution in [-0.2, 0) is 19.1 Å². The fourth-order valence-electron chi connectivity index (χ4n) is 2.22. The van der Waals surface area contributed by atoms with Crippen LogP contribution in [0.1, 0.15) is 16.7 Å². The monoisotopic (exact) mass is 404 g/mol. The molecule has 0 aliphatic rings. The lowest BCUT2D eigenvalue weighted by Crippen LogP contribution is -2.28. The molecule has 2 aromatic carbocycles. The minimum atomic E-state index is -4.38. The maximum atomic E-state index is 12.5. The molecule has 0 aliphatic heterocycles. The van der Waals surface area contributed by atoms with Gasteiger partial charge in [0.1, 0.15) is 5.75 Å². The van der Waals surface area contributed by atoms with Crippen LogP contribution in [0.15, 0.2) is 36.4 Å². The Labute approximate surface area is 158 Å². The predicted octanol–water partition coefficient (Wildman–Crippen LogP) is 4.09. The van der Waals surface area contributed by atoms with Crippen LogP contribution in [0.25, 0.3) is 0 Å². The standard InChI is InChI=1S/C17H16ClF3N2O2S/c18-13-7-11(5-6-24)15(25)14(8-13)23-16(26)22-9-10-1-3-12(4-2-10)17(19,20)21/h1-4,7-8,24-25H,5-6,9H2,(H2,22,23,26). The van der Waals surface area contributed by atoms with E-state index in [0.717, 1.165) is 12.1 Å². The smallest absolute Gasteiger partial charge is 0.416 e. The Bertz CT molecular complexity index is 783. The zero-order valence-corrected chi connectivity index (χ0v) is 15.0. The van der Waals surface area contributed by atoms with E-state index in [9.17, 15) is 18.3 Å². The van der Waals surface area contributed by atoms with Crippen molar-refractivity contribution in [3.63, 3.8) is 0 Å². The normalized spacial score (nSPS) is 11.3. The van der Waals surface area contributed by atoms with Gasteiger partial charge < -0.3 is 20.8 Å². The lowest BCUT2D eigenvalue weighted by atomic mass is 10.1. The Kier molecular flexibility index (Phi) is 6.69. The fourth-order valence-corrected chi connectivity index (χ4v) is 2.65. The average molecular weight is 405 g/mol. The molecule has 0 heterocycles. The first kappa shape index (κ1) is 20.3. The molecular formula is C17H16ClF3N2O2S. The molecule has 26 heavy (non-hydrogen) atoms. The molecule has 0 unspecified atom stereocenters. The summed E-state index contributed by atoms with van der Waals surface area (Å²) in [5, 5.41) is 25.3. The van der Waals surface area contributed by atoms with Crippen molar-refractivity contribution in [2.45, 2.75) is 19.1 Å². The third-order valence-corrected chi connectivity index (χ3v) is 3.98. The predicted molar refractivity (Wildman–Crippen MR) is 98.4 cm³/mol. The highest BCUT2D eigenvalue weighted by Gasteiger charge is 2.29. The molecule has 140 valence electrons. The molecule has 0 radical (unpaired) electrons. The number of phenolic OH excluding ortho intramolecular Hbond substituents is 1. The molecule has 0 bridgehead atoms. The third kappa shape index (κ3) is 5.48. The third-order valence-electron chi connectivity index (χ3n) is 3.52. The van der Waals surface area contributed by atoms with Gasteiger partial charge in [-0.3, -0.25) is 0 Å². The molecule has 4 nitrogen and oxygen atoms in total. The van der Waals surface area contributed by atoms with Crippen molar-refractivity contribution < 1.29 is 23.4 Å². The van der Waals surface area contributed by atoms with Gasteiger partial charge in [-0.15, -0.1) is 0 Å². The van der Waals surface area contributed by atoms with Gasteiger partial charge in [-0.2, -0.15) is 13.2 Å². The number of aliphatic hydroxyl groups excluding tert-OH is 1. The zero-order chi connectivity index (χ0) is 19.3. The van der Waals surface area contributed by atoms with Crippen LogP contribution in [0.3, 0.4) is 0 Å². The molecule has 9 heteroatoms. The topological polar surface area (TPSA) is 64.5 Å². The average Bonchev–Trinajstić information content (AvgIpc) is 2.57. The summed E-state index contributed by atoms with van der Waals surface area (Å²) in [6.07, 6.45) is -4.15. The lowest BCUT2D eigenvalue weighted by molar-refractivity contribution is -0.137. The highest BCUT2D eigenvalue weighted by Crippen LogP contribution is 2.32. The summed E-state index contributed by atoms with van der Waals surface area (Å²) < 4.78 is 37.6. The van der Waals surface area contributed by atoms with Crippen molar-refractivity contribution in [1.82, 2.24) is 5.32 Å². The zero-order valence-electron chi connectivity index (χ0n) is 13.4. The van der Waals surface area contributed by atoms with Gasteiger partial charge in [0.15, 0.2) is 5.11 Å². The number of halogens is 4. The van der Waals surface area contributed by atoms with E-state index in [0.29, 0.717) is 16.1 Å². The van der Waals surface area contributed by atoms with Crippen LogP contribution in [-0.4, -0.2) is 21.9 Å². The second-order valence-electron chi connectivity index (χ2n) is 5.44. The Morgan fingerprint density at radius 2 is 1.81 bits per heavy atom. The molecule has 2 aromatic rings. The second kappa shape index (κ2) is 8.57. The van der Waals surface area contributed by atoms with Gasteiger partial charge in [-0.25, -0.2) is 0 Å². The van der Waals surface area contributed by atoms with Gasteiger partial charge in [0, 0.05) is 18.2 Å². The number of thiocarbonyl (C=S) groups is 1. The molecule has 0 amide bonds. The number of aromatic hydroxyl groups is 1. The van der Waals surface area contributed by atoms with Gasteiger partial charge in [0.2, 0.25) is 0 Å². The van der Waals surface area contributed by atoms with Crippen molar-refractivity contribution in [3.8, 4) is 5.75 Å². The summed E-state index contributed by atoms with van der Waals surface area (Å²) in [4.78, 5) is 0. The Morgan fingerprint density at radius 1 is 1.15 bits per heavy atom. The number of phenols is 1. The van der Waals surface area contributed by atoms with Crippen LogP contribution in [0.4, 0.5) is 18.9 Å². The second-order valence-corrected chi connectivity index (χ2v) is 6.28. The quantitative estimate of drug-likeness (QED) is 0.446. The molecule has 0 spiro atoms. The van der Waals surface area contributed by atoms with Crippen LogP contribution < -0.4 is 10.6 Å². The number of alkyl halides is 3. The number of anilines is 1. The van der Waals surface area contributed by atoms with Crippen molar-refractivity contribution in [1.29, 1.82) is 0 Å². The highest BCUT2D eigenvalue weighted by atomic mass is 35.5. The lowest BCUT2D eigenvalue weighted by Gasteiger charge is -2.14. The fraction of sp³-hybridized carbons (Fsp3) is 0.235. The van der Waals surface area contributed by atoms with Gasteiger partial charge in [0.05, 0.1) is 11.3 Å². The molecule has 0 aliphatic carbocycles. The molecule has 0 saturated carbocycles. The Hall–Kier alpha value is -2.03. The number of aliphatic hydroxyl groups is 1. The first-order valence-electron chi connectivity index (χ1n) is 7.54. The van der Waals surface area contributed by atoms with E-state index in [2.05, 4.69) is 10.6 Å². The SMILES string of the molecule is OCCc1cc(Cl)cc(NC(=S)NCc2ccc(C(F)(F)F)cc2)c1O. The van der Waals surface area contributed by atoms with E-state index in [1.807, 2.05) is 0 Å². The minimum absolute atomic E-state index is 0.0814. The first-order chi connectivity index (χ1) is 12.2. The van der Waals surface area contributed by atoms with E-state index in [1.54, 1.807) is 0 Å². The number of rotatable bonds is 5. The number of nitrogens with one attached hydrogen (secondary N) is 2. The van der Waals surface area contributed by atoms with Gasteiger partial charge in [-0.05, 0) is 54.0 Å². The van der Waals surface area contributed by atoms with Crippen LogP contribution >= 0.6 is 23.8 Å². The molecule has 0 atom stereocenters. The largest absolute Gasteiger partial charge is 0.505 e. The van der Waals surface area contributed by atoms with E-state index in [-0.39, 0.29) is 36.1 Å². The van der Waals surface area contributed by atoms with E-state index < -0.39 is 11.7 Å². The maximum Gasteiger partial charge on any atom is 0.416 e. The van der Waals surface area contributed by atoms with Crippen LogP contribution in [0.2, 0.25) is 5.02 Å². The van der Waals surface area contributed by atoms with E-state index in [1.165, 1.54) is 24.3 Å². The van der Waals surface area contributed by atoms with Gasteiger partial charge in [0.25, 0.3) is 0 Å². The molecule has 0 saturated heterocycles. The molecule has 0 aromatic heterocycles. The summed E-state index contributed by atoms with van der Waals surface area (Å²) in [7, 11) is 0.